The van der Waals surface area contributed by atoms with E-state index < -0.39 is 0 Å². The van der Waals surface area contributed by atoms with Gasteiger partial charge in [0.2, 0.25) is 0 Å². The summed E-state index contributed by atoms with van der Waals surface area (Å²) in [5, 5.41) is 0. The fourth-order valence-electron chi connectivity index (χ4n) is 4.01. The van der Waals surface area contributed by atoms with Crippen LogP contribution in [0.5, 0.6) is 0 Å². The number of benzene rings is 1. The van der Waals surface area contributed by atoms with E-state index in [4.69, 9.17) is 5.73 Å². The summed E-state index contributed by atoms with van der Waals surface area (Å²) in [6.07, 6.45) is 13.3. The Labute approximate surface area is 117 Å². The van der Waals surface area contributed by atoms with E-state index in [0.29, 0.717) is 0 Å². The number of rotatable bonds is 2. The van der Waals surface area contributed by atoms with Gasteiger partial charge in [0.05, 0.1) is 0 Å². The summed E-state index contributed by atoms with van der Waals surface area (Å²) in [5.74, 6) is 0.792. The molecule has 0 heterocycles. The molecule has 1 aromatic carbocycles. The zero-order valence-corrected chi connectivity index (χ0v) is 12.0. The molecule has 1 nitrogen and oxygen atoms in total. The standard InChI is InChI=1S/C18H27N/c19-18(12-5-2-6-13-18)17-11-7-10-16(14-17)15-8-3-1-4-9-15/h7,10-11,14-15H,1-6,8-9,12-13,19H2. The number of hydrogen-bond donors (Lipinski definition) is 1. The van der Waals surface area contributed by atoms with E-state index in [1.807, 2.05) is 0 Å². The van der Waals surface area contributed by atoms with Crippen LogP contribution in [0, 0.1) is 0 Å². The first kappa shape index (κ1) is 13.2. The average Bonchev–Trinajstić information content (AvgIpc) is 2.49. The van der Waals surface area contributed by atoms with Crippen molar-refractivity contribution in [1.29, 1.82) is 0 Å². The first-order valence-corrected chi connectivity index (χ1v) is 8.17. The lowest BCUT2D eigenvalue weighted by Gasteiger charge is -2.34. The van der Waals surface area contributed by atoms with E-state index in [1.165, 1.54) is 69.8 Å². The van der Waals surface area contributed by atoms with Gasteiger partial charge in [0.1, 0.15) is 0 Å². The Bertz CT molecular complexity index is 411. The van der Waals surface area contributed by atoms with Crippen molar-refractivity contribution in [1.82, 2.24) is 0 Å². The lowest BCUT2D eigenvalue weighted by atomic mass is 9.75. The van der Waals surface area contributed by atoms with Gasteiger partial charge in [-0.25, -0.2) is 0 Å². The largest absolute Gasteiger partial charge is 0.321 e. The van der Waals surface area contributed by atoms with Crippen molar-refractivity contribution in [2.45, 2.75) is 75.7 Å². The Morgan fingerprint density at radius 1 is 0.895 bits per heavy atom. The highest BCUT2D eigenvalue weighted by Crippen LogP contribution is 2.38. The van der Waals surface area contributed by atoms with Gasteiger partial charge in [-0.05, 0) is 42.7 Å². The summed E-state index contributed by atoms with van der Waals surface area (Å²) >= 11 is 0. The molecule has 1 aromatic rings. The van der Waals surface area contributed by atoms with Crippen LogP contribution in [0.15, 0.2) is 24.3 Å². The maximum Gasteiger partial charge on any atom is 0.0409 e. The first-order chi connectivity index (χ1) is 9.28. The predicted octanol–water partition coefficient (Wildman–Crippen LogP) is 4.85. The summed E-state index contributed by atoms with van der Waals surface area (Å²) in [6, 6.07) is 9.26. The third kappa shape index (κ3) is 2.86. The summed E-state index contributed by atoms with van der Waals surface area (Å²) in [4.78, 5) is 0. The lowest BCUT2D eigenvalue weighted by molar-refractivity contribution is 0.302. The topological polar surface area (TPSA) is 26.0 Å². The molecule has 0 unspecified atom stereocenters. The van der Waals surface area contributed by atoms with E-state index in [-0.39, 0.29) is 5.54 Å². The highest BCUT2D eigenvalue weighted by Gasteiger charge is 2.29. The van der Waals surface area contributed by atoms with Gasteiger partial charge in [-0.1, -0.05) is 62.8 Å². The second kappa shape index (κ2) is 5.66. The Kier molecular flexibility index (Phi) is 3.93. The van der Waals surface area contributed by atoms with Crippen molar-refractivity contribution >= 4 is 0 Å². The van der Waals surface area contributed by atoms with Gasteiger partial charge in [0.15, 0.2) is 0 Å². The van der Waals surface area contributed by atoms with Crippen molar-refractivity contribution in [3.63, 3.8) is 0 Å². The third-order valence-electron chi connectivity index (χ3n) is 5.28. The van der Waals surface area contributed by atoms with Crippen molar-refractivity contribution in [3.8, 4) is 0 Å². The van der Waals surface area contributed by atoms with Crippen LogP contribution in [0.25, 0.3) is 0 Å². The second-order valence-corrected chi connectivity index (χ2v) is 6.68. The van der Waals surface area contributed by atoms with Crippen molar-refractivity contribution in [2.24, 2.45) is 5.73 Å². The van der Waals surface area contributed by atoms with Crippen molar-refractivity contribution in [2.75, 3.05) is 0 Å². The van der Waals surface area contributed by atoms with E-state index in [2.05, 4.69) is 24.3 Å². The molecule has 2 fully saturated rings. The smallest absolute Gasteiger partial charge is 0.0409 e. The van der Waals surface area contributed by atoms with Crippen molar-refractivity contribution < 1.29 is 0 Å². The lowest BCUT2D eigenvalue weighted by Crippen LogP contribution is -2.38. The second-order valence-electron chi connectivity index (χ2n) is 6.68. The fraction of sp³-hybridized carbons (Fsp3) is 0.667. The van der Waals surface area contributed by atoms with Gasteiger partial charge in [0.25, 0.3) is 0 Å². The SMILES string of the molecule is NC1(c2cccc(C3CCCCC3)c2)CCCCC1. The van der Waals surface area contributed by atoms with Crippen LogP contribution in [0.3, 0.4) is 0 Å². The van der Waals surface area contributed by atoms with Gasteiger partial charge in [-0.3, -0.25) is 0 Å². The molecule has 104 valence electrons. The highest BCUT2D eigenvalue weighted by atomic mass is 14.7. The van der Waals surface area contributed by atoms with Crippen LogP contribution in [-0.2, 0) is 5.54 Å². The zero-order valence-electron chi connectivity index (χ0n) is 12.0. The molecule has 0 atom stereocenters. The molecule has 0 aromatic heterocycles. The van der Waals surface area contributed by atoms with E-state index in [0.717, 1.165) is 5.92 Å². The molecular weight excluding hydrogens is 230 g/mol. The minimum Gasteiger partial charge on any atom is -0.321 e. The number of hydrogen-bond acceptors (Lipinski definition) is 1. The molecule has 0 radical (unpaired) electrons. The molecule has 0 spiro atoms. The summed E-state index contributed by atoms with van der Waals surface area (Å²) in [7, 11) is 0. The molecule has 0 amide bonds. The van der Waals surface area contributed by atoms with E-state index >= 15 is 0 Å². The molecule has 19 heavy (non-hydrogen) atoms. The van der Waals surface area contributed by atoms with E-state index in [9.17, 15) is 0 Å². The van der Waals surface area contributed by atoms with E-state index in [1.54, 1.807) is 5.56 Å². The Hall–Kier alpha value is -0.820. The Morgan fingerprint density at radius 2 is 1.58 bits per heavy atom. The van der Waals surface area contributed by atoms with Crippen LogP contribution < -0.4 is 5.73 Å². The van der Waals surface area contributed by atoms with Crippen molar-refractivity contribution in [3.05, 3.63) is 35.4 Å². The molecule has 2 aliphatic carbocycles. The Morgan fingerprint density at radius 3 is 2.32 bits per heavy atom. The van der Waals surface area contributed by atoms with Gasteiger partial charge < -0.3 is 5.73 Å². The van der Waals surface area contributed by atoms with Gasteiger partial charge in [-0.15, -0.1) is 0 Å². The minimum atomic E-state index is -0.0388. The minimum absolute atomic E-state index is 0.0388. The molecule has 2 aliphatic rings. The maximum absolute atomic E-state index is 6.68. The molecule has 0 aliphatic heterocycles. The number of nitrogens with two attached hydrogens (primary N) is 1. The molecule has 2 saturated carbocycles. The van der Waals surface area contributed by atoms with Gasteiger partial charge in [0, 0.05) is 5.54 Å². The predicted molar refractivity (Wildman–Crippen MR) is 81.2 cm³/mol. The maximum atomic E-state index is 6.68. The highest BCUT2D eigenvalue weighted by molar-refractivity contribution is 5.32. The monoisotopic (exact) mass is 257 g/mol. The zero-order chi connectivity index (χ0) is 13.1. The first-order valence-electron chi connectivity index (χ1n) is 8.17. The fourth-order valence-corrected chi connectivity index (χ4v) is 4.01. The Balaban J connectivity index is 1.82. The summed E-state index contributed by atoms with van der Waals surface area (Å²) in [5.41, 5.74) is 9.59. The molecular formula is C18H27N. The van der Waals surface area contributed by atoms with Crippen LogP contribution in [0.1, 0.15) is 81.3 Å². The summed E-state index contributed by atoms with van der Waals surface area (Å²) in [6.45, 7) is 0. The summed E-state index contributed by atoms with van der Waals surface area (Å²) < 4.78 is 0. The normalized spacial score (nSPS) is 24.3. The molecule has 3 rings (SSSR count). The van der Waals surface area contributed by atoms with Gasteiger partial charge in [-0.2, -0.15) is 0 Å². The average molecular weight is 257 g/mol. The quantitative estimate of drug-likeness (QED) is 0.805. The molecule has 0 saturated heterocycles. The van der Waals surface area contributed by atoms with Crippen LogP contribution in [-0.4, -0.2) is 0 Å². The molecule has 0 bridgehead atoms. The third-order valence-corrected chi connectivity index (χ3v) is 5.28. The van der Waals surface area contributed by atoms with Crippen LogP contribution >= 0.6 is 0 Å². The molecule has 2 N–H and O–H groups in total. The molecule has 1 heteroatoms. The van der Waals surface area contributed by atoms with Gasteiger partial charge >= 0.3 is 0 Å². The van der Waals surface area contributed by atoms with Crippen LogP contribution in [0.2, 0.25) is 0 Å². The van der Waals surface area contributed by atoms with Crippen LogP contribution in [0.4, 0.5) is 0 Å².